The lowest BCUT2D eigenvalue weighted by atomic mass is 10.2. The zero-order valence-corrected chi connectivity index (χ0v) is 14.1. The van der Waals surface area contributed by atoms with Crippen molar-refractivity contribution in [1.29, 1.82) is 5.26 Å². The van der Waals surface area contributed by atoms with Gasteiger partial charge in [0.1, 0.15) is 6.07 Å². The summed E-state index contributed by atoms with van der Waals surface area (Å²) < 4.78 is 4.78. The standard InChI is InChI=1S/C18H23N3O3/c1-3-5-6-10-17(22)21-16-9-7-8-15(11-16)20-13-14(12-19)18(23)24-4-2/h7-9,11,13,20H,3-6,10H2,1-2H3,(H,21,22)/b14-13-. The molecule has 6 nitrogen and oxygen atoms in total. The van der Waals surface area contributed by atoms with E-state index in [2.05, 4.69) is 17.6 Å². The third-order valence-corrected chi connectivity index (χ3v) is 3.15. The number of nitrogens with one attached hydrogen (secondary N) is 2. The number of anilines is 2. The Morgan fingerprint density at radius 2 is 2.00 bits per heavy atom. The number of benzene rings is 1. The smallest absolute Gasteiger partial charge is 0.350 e. The number of esters is 1. The normalized spacial score (nSPS) is 10.6. The number of nitriles is 1. The van der Waals surface area contributed by atoms with Gasteiger partial charge in [-0.1, -0.05) is 25.8 Å². The van der Waals surface area contributed by atoms with Crippen LogP contribution >= 0.6 is 0 Å². The molecule has 0 aliphatic rings. The van der Waals surface area contributed by atoms with Gasteiger partial charge in [-0.05, 0) is 31.5 Å². The van der Waals surface area contributed by atoms with E-state index < -0.39 is 5.97 Å². The van der Waals surface area contributed by atoms with Crippen LogP contribution in [0.5, 0.6) is 0 Å². The molecule has 1 rings (SSSR count). The lowest BCUT2D eigenvalue weighted by molar-refractivity contribution is -0.138. The lowest BCUT2D eigenvalue weighted by Crippen LogP contribution is -2.11. The van der Waals surface area contributed by atoms with Crippen LogP contribution in [0.4, 0.5) is 11.4 Å². The third kappa shape index (κ3) is 6.97. The number of carbonyl (C=O) groups excluding carboxylic acids is 2. The molecular formula is C18H23N3O3. The second-order valence-electron chi connectivity index (χ2n) is 5.12. The van der Waals surface area contributed by atoms with Gasteiger partial charge in [0, 0.05) is 24.0 Å². The summed E-state index contributed by atoms with van der Waals surface area (Å²) in [7, 11) is 0. The van der Waals surface area contributed by atoms with Gasteiger partial charge in [-0.2, -0.15) is 5.26 Å². The van der Waals surface area contributed by atoms with Crippen LogP contribution in [0.25, 0.3) is 0 Å². The average Bonchev–Trinajstić information content (AvgIpc) is 2.56. The number of carbonyl (C=O) groups is 2. The minimum absolute atomic E-state index is 0.0274. The topological polar surface area (TPSA) is 91.2 Å². The first-order chi connectivity index (χ1) is 11.6. The van der Waals surface area contributed by atoms with Crippen LogP contribution in [0.2, 0.25) is 0 Å². The Kier molecular flexibility index (Phi) is 8.69. The van der Waals surface area contributed by atoms with E-state index in [4.69, 9.17) is 10.00 Å². The zero-order chi connectivity index (χ0) is 17.8. The Hall–Kier alpha value is -2.81. The minimum atomic E-state index is -0.673. The number of nitrogens with zero attached hydrogens (tertiary/aromatic N) is 1. The van der Waals surface area contributed by atoms with Gasteiger partial charge in [0.15, 0.2) is 5.57 Å². The van der Waals surface area contributed by atoms with E-state index in [-0.39, 0.29) is 18.1 Å². The van der Waals surface area contributed by atoms with Crippen molar-refractivity contribution in [3.63, 3.8) is 0 Å². The van der Waals surface area contributed by atoms with Crippen molar-refractivity contribution < 1.29 is 14.3 Å². The van der Waals surface area contributed by atoms with E-state index in [1.807, 2.05) is 0 Å². The quantitative estimate of drug-likeness (QED) is 0.313. The van der Waals surface area contributed by atoms with Gasteiger partial charge >= 0.3 is 5.97 Å². The summed E-state index contributed by atoms with van der Waals surface area (Å²) in [5, 5.41) is 14.7. The molecule has 0 radical (unpaired) electrons. The maximum absolute atomic E-state index is 11.8. The van der Waals surface area contributed by atoms with Crippen molar-refractivity contribution in [2.45, 2.75) is 39.5 Å². The van der Waals surface area contributed by atoms with Crippen molar-refractivity contribution in [3.05, 3.63) is 36.0 Å². The molecule has 128 valence electrons. The maximum Gasteiger partial charge on any atom is 0.350 e. The molecule has 0 heterocycles. The molecule has 0 aromatic heterocycles. The molecule has 0 aliphatic carbocycles. The molecule has 6 heteroatoms. The van der Waals surface area contributed by atoms with E-state index >= 15 is 0 Å². The molecule has 24 heavy (non-hydrogen) atoms. The van der Waals surface area contributed by atoms with Gasteiger partial charge in [0.2, 0.25) is 5.91 Å². The summed E-state index contributed by atoms with van der Waals surface area (Å²) in [6, 6.07) is 8.84. The van der Waals surface area contributed by atoms with Crippen molar-refractivity contribution in [2.24, 2.45) is 0 Å². The van der Waals surface area contributed by atoms with Crippen LogP contribution in [0.1, 0.15) is 39.5 Å². The second kappa shape index (κ2) is 10.8. The first kappa shape index (κ1) is 19.2. The number of hydrogen-bond acceptors (Lipinski definition) is 5. The average molecular weight is 329 g/mol. The van der Waals surface area contributed by atoms with Gasteiger partial charge < -0.3 is 15.4 Å². The van der Waals surface area contributed by atoms with Gasteiger partial charge in [0.05, 0.1) is 6.61 Å². The summed E-state index contributed by atoms with van der Waals surface area (Å²) in [4.78, 5) is 23.3. The zero-order valence-electron chi connectivity index (χ0n) is 14.1. The second-order valence-corrected chi connectivity index (χ2v) is 5.12. The molecule has 0 saturated heterocycles. The summed E-state index contributed by atoms with van der Waals surface area (Å²) in [5.41, 5.74) is 1.19. The summed E-state index contributed by atoms with van der Waals surface area (Å²) in [5.74, 6) is -0.701. The Morgan fingerprint density at radius 3 is 2.67 bits per heavy atom. The van der Waals surface area contributed by atoms with Gasteiger partial charge in [0.25, 0.3) is 0 Å². The highest BCUT2D eigenvalue weighted by Crippen LogP contribution is 2.16. The van der Waals surface area contributed by atoms with E-state index in [0.717, 1.165) is 19.3 Å². The molecular weight excluding hydrogens is 306 g/mol. The molecule has 0 aliphatic heterocycles. The van der Waals surface area contributed by atoms with Crippen molar-refractivity contribution in [3.8, 4) is 6.07 Å². The molecule has 2 N–H and O–H groups in total. The Balaban J connectivity index is 2.66. The Bertz CT molecular complexity index is 633. The molecule has 0 unspecified atom stereocenters. The van der Waals surface area contributed by atoms with Crippen molar-refractivity contribution >= 4 is 23.3 Å². The van der Waals surface area contributed by atoms with E-state index in [9.17, 15) is 9.59 Å². The van der Waals surface area contributed by atoms with Crippen molar-refractivity contribution in [2.75, 3.05) is 17.2 Å². The highest BCUT2D eigenvalue weighted by atomic mass is 16.5. The summed E-state index contributed by atoms with van der Waals surface area (Å²) in [6.07, 6.45) is 4.76. The van der Waals surface area contributed by atoms with E-state index in [1.54, 1.807) is 37.3 Å². The summed E-state index contributed by atoms with van der Waals surface area (Å²) >= 11 is 0. The number of hydrogen-bond donors (Lipinski definition) is 2. The first-order valence-electron chi connectivity index (χ1n) is 8.04. The van der Waals surface area contributed by atoms with Gasteiger partial charge in [-0.25, -0.2) is 4.79 Å². The fraction of sp³-hybridized carbons (Fsp3) is 0.389. The van der Waals surface area contributed by atoms with Crippen LogP contribution in [-0.2, 0) is 14.3 Å². The van der Waals surface area contributed by atoms with Crippen LogP contribution in [0.3, 0.4) is 0 Å². The van der Waals surface area contributed by atoms with E-state index in [0.29, 0.717) is 17.8 Å². The largest absolute Gasteiger partial charge is 0.462 e. The number of unbranched alkanes of at least 4 members (excludes halogenated alkanes) is 2. The predicted molar refractivity (Wildman–Crippen MR) is 93.2 cm³/mol. The first-order valence-corrected chi connectivity index (χ1v) is 8.04. The molecule has 0 fully saturated rings. The van der Waals surface area contributed by atoms with E-state index in [1.165, 1.54) is 6.20 Å². The monoisotopic (exact) mass is 329 g/mol. The molecule has 0 saturated carbocycles. The van der Waals surface area contributed by atoms with Crippen LogP contribution in [0, 0.1) is 11.3 Å². The molecule has 1 aromatic carbocycles. The molecule has 1 aromatic rings. The van der Waals surface area contributed by atoms with Crippen LogP contribution < -0.4 is 10.6 Å². The highest BCUT2D eigenvalue weighted by Gasteiger charge is 2.09. The fourth-order valence-electron chi connectivity index (χ4n) is 1.95. The highest BCUT2D eigenvalue weighted by molar-refractivity contribution is 5.93. The SMILES string of the molecule is CCCCCC(=O)Nc1cccc(N/C=C(/C#N)C(=O)OCC)c1. The number of rotatable bonds is 9. The summed E-state index contributed by atoms with van der Waals surface area (Å²) in [6.45, 7) is 3.97. The van der Waals surface area contributed by atoms with Gasteiger partial charge in [-0.3, -0.25) is 4.79 Å². The Labute approximate surface area is 142 Å². The van der Waals surface area contributed by atoms with Gasteiger partial charge in [-0.15, -0.1) is 0 Å². The minimum Gasteiger partial charge on any atom is -0.462 e. The fourth-order valence-corrected chi connectivity index (χ4v) is 1.95. The molecule has 1 amide bonds. The Morgan fingerprint density at radius 1 is 1.25 bits per heavy atom. The van der Waals surface area contributed by atoms with Crippen LogP contribution in [-0.4, -0.2) is 18.5 Å². The number of ether oxygens (including phenoxy) is 1. The molecule has 0 atom stereocenters. The lowest BCUT2D eigenvalue weighted by Gasteiger charge is -2.08. The molecule has 0 spiro atoms. The maximum atomic E-state index is 11.8. The number of amides is 1. The van der Waals surface area contributed by atoms with Crippen LogP contribution in [0.15, 0.2) is 36.0 Å². The third-order valence-electron chi connectivity index (χ3n) is 3.15. The van der Waals surface area contributed by atoms with Crippen molar-refractivity contribution in [1.82, 2.24) is 0 Å². The predicted octanol–water partition coefficient (Wildman–Crippen LogP) is 3.59. The molecule has 0 bridgehead atoms.